The number of piperazine rings is 1. The van der Waals surface area contributed by atoms with E-state index in [9.17, 15) is 13.2 Å². The number of rotatable bonds is 3. The number of alkyl halides is 3. The molecule has 0 N–H and O–H groups in total. The fourth-order valence-corrected chi connectivity index (χ4v) is 2.47. The molecule has 0 atom stereocenters. The Labute approximate surface area is 137 Å². The van der Waals surface area contributed by atoms with E-state index in [2.05, 4.69) is 14.5 Å². The quantitative estimate of drug-likeness (QED) is 0.811. The molecule has 0 amide bonds. The average molecular weight is 332 g/mol. The normalized spacial score (nSPS) is 16.1. The van der Waals surface area contributed by atoms with Crippen molar-refractivity contribution in [3.05, 3.63) is 23.8 Å². The molecule has 132 valence electrons. The lowest BCUT2D eigenvalue weighted by atomic mass is 10.0. The molecule has 1 saturated heterocycles. The Hall–Kier alpha value is -1.43. The number of likely N-dealkylation sites (N-methyl/N-ethyl adjacent to an activating group) is 1. The topological polar surface area (TPSA) is 15.7 Å². The van der Waals surface area contributed by atoms with Crippen molar-refractivity contribution in [2.24, 2.45) is 0 Å². The summed E-state index contributed by atoms with van der Waals surface area (Å²) in [6, 6.07) is 5.12. The molecule has 1 aromatic carbocycles. The van der Waals surface area contributed by atoms with E-state index in [4.69, 9.17) is 0 Å². The van der Waals surface area contributed by atoms with Crippen LogP contribution < -0.4 is 9.64 Å². The van der Waals surface area contributed by atoms with E-state index in [1.54, 1.807) is 6.07 Å². The predicted octanol–water partition coefficient (Wildman–Crippen LogP) is 4.49. The highest BCUT2D eigenvalue weighted by molar-refractivity contribution is 5.55. The molecule has 0 saturated carbocycles. The van der Waals surface area contributed by atoms with Crippen LogP contribution in [0.4, 0.5) is 18.9 Å². The smallest absolute Gasteiger partial charge is 0.405 e. The van der Waals surface area contributed by atoms with Gasteiger partial charge in [-0.2, -0.15) is 0 Å². The molecule has 0 spiro atoms. The van der Waals surface area contributed by atoms with Gasteiger partial charge >= 0.3 is 6.36 Å². The van der Waals surface area contributed by atoms with Crippen LogP contribution in [-0.4, -0.2) is 44.5 Å². The van der Waals surface area contributed by atoms with Crippen molar-refractivity contribution in [2.45, 2.75) is 40.0 Å². The summed E-state index contributed by atoms with van der Waals surface area (Å²) >= 11 is 0. The summed E-state index contributed by atoms with van der Waals surface area (Å²) in [5, 5.41) is 0. The molecule has 23 heavy (non-hydrogen) atoms. The van der Waals surface area contributed by atoms with E-state index in [1.807, 2.05) is 40.8 Å². The monoisotopic (exact) mass is 332 g/mol. The standard InChI is InChI=1S/C15H21F3N2O.C2H6/c1-11(2)13-5-4-12(10-14(13)21-15(16,17)18)20-8-6-19(3)7-9-20;1-2/h4-5,10-11H,6-9H2,1-3H3;1-2H3. The van der Waals surface area contributed by atoms with Crippen molar-refractivity contribution < 1.29 is 17.9 Å². The molecule has 6 heteroatoms. The number of anilines is 1. The van der Waals surface area contributed by atoms with Crippen LogP contribution in [-0.2, 0) is 0 Å². The summed E-state index contributed by atoms with van der Waals surface area (Å²) in [5.74, 6) is -0.113. The molecule has 0 radical (unpaired) electrons. The molecule has 0 bridgehead atoms. The first-order chi connectivity index (χ1) is 10.8. The molecule has 1 fully saturated rings. The van der Waals surface area contributed by atoms with Crippen molar-refractivity contribution in [1.29, 1.82) is 0 Å². The van der Waals surface area contributed by atoms with Gasteiger partial charge in [0.15, 0.2) is 0 Å². The minimum Gasteiger partial charge on any atom is -0.405 e. The third kappa shape index (κ3) is 5.94. The summed E-state index contributed by atoms with van der Waals surface area (Å²) in [6.45, 7) is 11.1. The zero-order chi connectivity index (χ0) is 17.6. The minimum absolute atomic E-state index is 0.0242. The number of halogens is 3. The van der Waals surface area contributed by atoms with Gasteiger partial charge < -0.3 is 14.5 Å². The Bertz CT molecular complexity index is 481. The van der Waals surface area contributed by atoms with Gasteiger partial charge in [0.1, 0.15) is 5.75 Å². The summed E-state index contributed by atoms with van der Waals surface area (Å²) in [6.07, 6.45) is -4.66. The molecule has 1 aliphatic heterocycles. The summed E-state index contributed by atoms with van der Waals surface area (Å²) < 4.78 is 41.9. The maximum absolute atomic E-state index is 12.6. The van der Waals surface area contributed by atoms with Crippen LogP contribution in [0.15, 0.2) is 18.2 Å². The average Bonchev–Trinajstić information content (AvgIpc) is 2.48. The van der Waals surface area contributed by atoms with Crippen LogP contribution in [0.3, 0.4) is 0 Å². The van der Waals surface area contributed by atoms with Crippen molar-refractivity contribution in [3.63, 3.8) is 0 Å². The first-order valence-electron chi connectivity index (χ1n) is 8.09. The van der Waals surface area contributed by atoms with Gasteiger partial charge in [-0.25, -0.2) is 0 Å². The summed E-state index contributed by atoms with van der Waals surface area (Å²) in [5.41, 5.74) is 1.36. The van der Waals surface area contributed by atoms with E-state index in [1.165, 1.54) is 6.07 Å². The highest BCUT2D eigenvalue weighted by Crippen LogP contribution is 2.34. The molecule has 1 heterocycles. The van der Waals surface area contributed by atoms with Crippen LogP contribution >= 0.6 is 0 Å². The lowest BCUT2D eigenvalue weighted by Gasteiger charge is -2.34. The summed E-state index contributed by atoms with van der Waals surface area (Å²) in [7, 11) is 2.04. The lowest BCUT2D eigenvalue weighted by molar-refractivity contribution is -0.274. The molecule has 0 aliphatic carbocycles. The van der Waals surface area contributed by atoms with E-state index >= 15 is 0 Å². The Balaban J connectivity index is 0.00000127. The minimum atomic E-state index is -4.66. The van der Waals surface area contributed by atoms with Crippen LogP contribution in [0.5, 0.6) is 5.75 Å². The van der Waals surface area contributed by atoms with Crippen LogP contribution in [0.1, 0.15) is 39.2 Å². The molecule has 0 aromatic heterocycles. The third-order valence-corrected chi connectivity index (χ3v) is 3.71. The highest BCUT2D eigenvalue weighted by atomic mass is 19.4. The number of nitrogens with zero attached hydrogens (tertiary/aromatic N) is 2. The van der Waals surface area contributed by atoms with E-state index in [0.29, 0.717) is 5.56 Å². The second-order valence-electron chi connectivity index (χ2n) is 5.71. The van der Waals surface area contributed by atoms with Crippen molar-refractivity contribution in [3.8, 4) is 5.75 Å². The van der Waals surface area contributed by atoms with Crippen molar-refractivity contribution in [1.82, 2.24) is 4.90 Å². The van der Waals surface area contributed by atoms with Gasteiger partial charge in [-0.3, -0.25) is 0 Å². The van der Waals surface area contributed by atoms with Gasteiger partial charge in [0.25, 0.3) is 0 Å². The van der Waals surface area contributed by atoms with Gasteiger partial charge in [0, 0.05) is 37.9 Å². The Morgan fingerprint density at radius 2 is 1.61 bits per heavy atom. The van der Waals surface area contributed by atoms with Crippen molar-refractivity contribution >= 4 is 5.69 Å². The molecule has 3 nitrogen and oxygen atoms in total. The first-order valence-corrected chi connectivity index (χ1v) is 8.09. The van der Waals surface area contributed by atoms with Crippen LogP contribution in [0, 0.1) is 0 Å². The van der Waals surface area contributed by atoms with E-state index < -0.39 is 6.36 Å². The largest absolute Gasteiger partial charge is 0.573 e. The maximum Gasteiger partial charge on any atom is 0.573 e. The molecule has 0 unspecified atom stereocenters. The fraction of sp³-hybridized carbons (Fsp3) is 0.647. The first kappa shape index (κ1) is 19.6. The Morgan fingerprint density at radius 3 is 2.09 bits per heavy atom. The van der Waals surface area contributed by atoms with E-state index in [0.717, 1.165) is 31.9 Å². The molecular formula is C17H27F3N2O. The van der Waals surface area contributed by atoms with Crippen molar-refractivity contribution in [2.75, 3.05) is 38.1 Å². The molecular weight excluding hydrogens is 305 g/mol. The van der Waals surface area contributed by atoms with Crippen LogP contribution in [0.2, 0.25) is 0 Å². The Kier molecular flexibility index (Phi) is 7.19. The lowest BCUT2D eigenvalue weighted by Crippen LogP contribution is -2.44. The zero-order valence-corrected chi connectivity index (χ0v) is 14.6. The number of ether oxygens (including phenoxy) is 1. The number of benzene rings is 1. The second kappa shape index (κ2) is 8.43. The number of hydrogen-bond donors (Lipinski definition) is 0. The molecule has 2 rings (SSSR count). The fourth-order valence-electron chi connectivity index (χ4n) is 2.47. The zero-order valence-electron chi connectivity index (χ0n) is 14.6. The number of hydrogen-bond acceptors (Lipinski definition) is 3. The van der Waals surface area contributed by atoms with Gasteiger partial charge in [-0.15, -0.1) is 13.2 Å². The van der Waals surface area contributed by atoms with Gasteiger partial charge in [-0.1, -0.05) is 33.8 Å². The van der Waals surface area contributed by atoms with Gasteiger partial charge in [0.05, 0.1) is 0 Å². The van der Waals surface area contributed by atoms with Gasteiger partial charge in [0.2, 0.25) is 0 Å². The third-order valence-electron chi connectivity index (χ3n) is 3.71. The Morgan fingerprint density at radius 1 is 1.04 bits per heavy atom. The van der Waals surface area contributed by atoms with E-state index in [-0.39, 0.29) is 11.7 Å². The SMILES string of the molecule is CC.CC(C)c1ccc(N2CCN(C)CC2)cc1OC(F)(F)F. The highest BCUT2D eigenvalue weighted by Gasteiger charge is 2.32. The predicted molar refractivity (Wildman–Crippen MR) is 88.3 cm³/mol. The molecule has 1 aliphatic rings. The van der Waals surface area contributed by atoms with Crippen LogP contribution in [0.25, 0.3) is 0 Å². The molecule has 1 aromatic rings. The summed E-state index contributed by atoms with van der Waals surface area (Å²) in [4.78, 5) is 4.29. The maximum atomic E-state index is 12.6. The second-order valence-corrected chi connectivity index (χ2v) is 5.71. The van der Waals surface area contributed by atoms with Gasteiger partial charge in [-0.05, 0) is 24.6 Å².